The number of anilines is 1. The largest absolute Gasteiger partial charge is 0.489 e. The Morgan fingerprint density at radius 1 is 1.38 bits per heavy atom. The Morgan fingerprint density at radius 2 is 2.17 bits per heavy atom. The van der Waals surface area contributed by atoms with Crippen LogP contribution in [-0.4, -0.2) is 44.6 Å². The lowest BCUT2D eigenvalue weighted by Crippen LogP contribution is -2.52. The number of hydrogen-bond donors (Lipinski definition) is 3. The molecule has 0 bridgehead atoms. The number of benzene rings is 1. The molecule has 2 atom stereocenters. The van der Waals surface area contributed by atoms with Gasteiger partial charge in [0.15, 0.2) is 11.4 Å². The average molecular weight is 422 g/mol. The zero-order chi connectivity index (χ0) is 20.8. The third kappa shape index (κ3) is 3.75. The molecule has 0 spiro atoms. The molecule has 1 aromatic heterocycles. The molecule has 3 heterocycles. The van der Waals surface area contributed by atoms with Crippen LogP contribution in [0.4, 0.5) is 10.1 Å². The predicted molar refractivity (Wildman–Crippen MR) is 105 cm³/mol. The monoisotopic (exact) mass is 422 g/mol. The summed E-state index contributed by atoms with van der Waals surface area (Å²) in [6, 6.07) is 4.01. The number of rotatable bonds is 2. The second kappa shape index (κ2) is 7.43. The number of ether oxygens (including phenoxy) is 1. The minimum atomic E-state index is -3.85. The lowest BCUT2D eigenvalue weighted by Gasteiger charge is -2.34. The summed E-state index contributed by atoms with van der Waals surface area (Å²) in [4.78, 5) is 12.9. The second-order valence-corrected chi connectivity index (χ2v) is 9.17. The summed E-state index contributed by atoms with van der Waals surface area (Å²) >= 11 is 0. The number of aromatic nitrogens is 1. The van der Waals surface area contributed by atoms with Gasteiger partial charge in [-0.2, -0.15) is 0 Å². The number of halogens is 1. The number of aryl methyl sites for hydroxylation is 2. The summed E-state index contributed by atoms with van der Waals surface area (Å²) in [5, 5.41) is 5.93. The lowest BCUT2D eigenvalue weighted by molar-refractivity contribution is 0.101. The number of piperidine rings is 1. The number of amides is 1. The smallest absolute Gasteiger partial charge is 0.276 e. The van der Waals surface area contributed by atoms with Crippen LogP contribution in [0.2, 0.25) is 0 Å². The minimum Gasteiger partial charge on any atom is -0.489 e. The first-order chi connectivity index (χ1) is 13.8. The van der Waals surface area contributed by atoms with Gasteiger partial charge in [0.2, 0.25) is 10.0 Å². The van der Waals surface area contributed by atoms with Crippen molar-refractivity contribution in [2.75, 3.05) is 25.0 Å². The van der Waals surface area contributed by atoms with Crippen LogP contribution in [0.15, 0.2) is 29.3 Å². The van der Waals surface area contributed by atoms with Crippen LogP contribution in [0.25, 0.3) is 0 Å². The molecular weight excluding hydrogens is 399 g/mol. The first-order valence-corrected chi connectivity index (χ1v) is 10.9. The average Bonchev–Trinajstić information content (AvgIpc) is 3.00. The molecule has 0 unspecified atom stereocenters. The van der Waals surface area contributed by atoms with Gasteiger partial charge in [0.05, 0.1) is 6.61 Å². The van der Waals surface area contributed by atoms with E-state index in [1.165, 1.54) is 29.0 Å². The molecular formula is C19H23FN4O4S. The van der Waals surface area contributed by atoms with Crippen molar-refractivity contribution in [2.24, 2.45) is 13.0 Å². The Bertz CT molecular complexity index is 1070. The Kier molecular flexibility index (Phi) is 5.09. The predicted octanol–water partition coefficient (Wildman–Crippen LogP) is 1.37. The zero-order valence-corrected chi connectivity index (χ0v) is 17.0. The molecule has 2 aromatic rings. The van der Waals surface area contributed by atoms with E-state index in [2.05, 4.69) is 15.4 Å². The molecule has 3 N–H and O–H groups in total. The zero-order valence-electron chi connectivity index (χ0n) is 16.2. The van der Waals surface area contributed by atoms with Crippen LogP contribution in [-0.2, 0) is 17.1 Å². The van der Waals surface area contributed by atoms with Crippen LogP contribution in [0, 0.1) is 18.7 Å². The molecule has 0 saturated carbocycles. The molecule has 2 aliphatic heterocycles. The number of hydrogen-bond acceptors (Lipinski definition) is 5. The fourth-order valence-electron chi connectivity index (χ4n) is 3.79. The lowest BCUT2D eigenvalue weighted by atomic mass is 9.95. The van der Waals surface area contributed by atoms with E-state index in [1.807, 2.05) is 0 Å². The van der Waals surface area contributed by atoms with E-state index >= 15 is 0 Å². The summed E-state index contributed by atoms with van der Waals surface area (Å²) in [5.74, 6) is -0.917. The molecule has 29 heavy (non-hydrogen) atoms. The normalized spacial score (nSPS) is 23.1. The van der Waals surface area contributed by atoms with Crippen molar-refractivity contribution in [1.29, 1.82) is 0 Å². The highest BCUT2D eigenvalue weighted by molar-refractivity contribution is 7.89. The van der Waals surface area contributed by atoms with Crippen molar-refractivity contribution in [1.82, 2.24) is 14.6 Å². The summed E-state index contributed by atoms with van der Waals surface area (Å²) in [5.41, 5.74) is 0.894. The van der Waals surface area contributed by atoms with Gasteiger partial charge in [0.25, 0.3) is 5.91 Å². The standard InChI is InChI=1S/C19H23FN4O4S/c1-11-7-13(3-4-14(11)20)22-19(25)17-18-16(9-24(17)2)29(26,27)23-15-5-6-21-8-12(15)10-28-18/h3-4,7,9,12,15,21,23H,5-6,8,10H2,1-2H3,(H,22,25)/t12-,15-/m1/s1. The first-order valence-electron chi connectivity index (χ1n) is 9.39. The third-order valence-electron chi connectivity index (χ3n) is 5.38. The topological polar surface area (TPSA) is 101 Å². The van der Waals surface area contributed by atoms with Gasteiger partial charge < -0.3 is 19.9 Å². The van der Waals surface area contributed by atoms with E-state index in [0.717, 1.165) is 6.54 Å². The van der Waals surface area contributed by atoms with Crippen molar-refractivity contribution < 1.29 is 22.3 Å². The van der Waals surface area contributed by atoms with Gasteiger partial charge in [-0.15, -0.1) is 0 Å². The van der Waals surface area contributed by atoms with Gasteiger partial charge >= 0.3 is 0 Å². The summed E-state index contributed by atoms with van der Waals surface area (Å²) in [7, 11) is -2.26. The van der Waals surface area contributed by atoms with E-state index in [9.17, 15) is 17.6 Å². The number of nitrogens with zero attached hydrogens (tertiary/aromatic N) is 1. The van der Waals surface area contributed by atoms with Gasteiger partial charge in [-0.1, -0.05) is 0 Å². The molecule has 0 aliphatic carbocycles. The highest BCUT2D eigenvalue weighted by Gasteiger charge is 2.37. The molecule has 1 amide bonds. The number of fused-ring (bicyclic) bond motifs is 2. The second-order valence-electron chi connectivity index (χ2n) is 7.49. The van der Waals surface area contributed by atoms with E-state index in [4.69, 9.17) is 4.74 Å². The summed E-state index contributed by atoms with van der Waals surface area (Å²) in [6.45, 7) is 3.24. The Labute approximate surface area is 168 Å². The molecule has 10 heteroatoms. The van der Waals surface area contributed by atoms with Crippen LogP contribution in [0.5, 0.6) is 5.75 Å². The fraction of sp³-hybridized carbons (Fsp3) is 0.421. The van der Waals surface area contributed by atoms with Crippen molar-refractivity contribution in [3.8, 4) is 5.75 Å². The maximum atomic E-state index is 13.5. The molecule has 1 aromatic carbocycles. The first kappa shape index (κ1) is 19.9. The number of sulfonamides is 1. The minimum absolute atomic E-state index is 0.0281. The molecule has 4 rings (SSSR count). The third-order valence-corrected chi connectivity index (χ3v) is 6.86. The number of carbonyl (C=O) groups is 1. The van der Waals surface area contributed by atoms with E-state index in [0.29, 0.717) is 24.2 Å². The molecule has 1 fully saturated rings. The summed E-state index contributed by atoms with van der Waals surface area (Å²) < 4.78 is 49.4. The Hall–Kier alpha value is -2.43. The van der Waals surface area contributed by atoms with Crippen molar-refractivity contribution in [3.05, 3.63) is 41.5 Å². The quantitative estimate of drug-likeness (QED) is 0.679. The fourth-order valence-corrected chi connectivity index (χ4v) is 5.32. The van der Waals surface area contributed by atoms with Gasteiger partial charge in [-0.05, 0) is 43.7 Å². The van der Waals surface area contributed by atoms with Gasteiger partial charge in [-0.3, -0.25) is 4.79 Å². The van der Waals surface area contributed by atoms with Crippen LogP contribution >= 0.6 is 0 Å². The summed E-state index contributed by atoms with van der Waals surface area (Å²) in [6.07, 6.45) is 2.05. The molecule has 8 nitrogen and oxygen atoms in total. The van der Waals surface area contributed by atoms with Crippen molar-refractivity contribution in [3.63, 3.8) is 0 Å². The van der Waals surface area contributed by atoms with Crippen LogP contribution in [0.3, 0.4) is 0 Å². The van der Waals surface area contributed by atoms with Crippen molar-refractivity contribution in [2.45, 2.75) is 24.3 Å². The maximum absolute atomic E-state index is 13.5. The Balaban J connectivity index is 1.69. The van der Waals surface area contributed by atoms with Crippen molar-refractivity contribution >= 4 is 21.6 Å². The number of nitrogens with one attached hydrogen (secondary N) is 3. The highest BCUT2D eigenvalue weighted by atomic mass is 32.2. The molecule has 156 valence electrons. The molecule has 2 aliphatic rings. The van der Waals surface area contributed by atoms with Gasteiger partial charge in [0.1, 0.15) is 10.7 Å². The SMILES string of the molecule is Cc1cc(NC(=O)c2c3c(cn2C)S(=O)(=O)N[C@@H]2CCNC[C@@H]2CO3)ccc1F. The van der Waals surface area contributed by atoms with E-state index < -0.39 is 15.9 Å². The van der Waals surface area contributed by atoms with Crippen LogP contribution in [0.1, 0.15) is 22.5 Å². The molecule has 1 saturated heterocycles. The maximum Gasteiger partial charge on any atom is 0.276 e. The number of carbonyl (C=O) groups excluding carboxylic acids is 1. The highest BCUT2D eigenvalue weighted by Crippen LogP contribution is 2.34. The van der Waals surface area contributed by atoms with Gasteiger partial charge in [-0.25, -0.2) is 17.5 Å². The van der Waals surface area contributed by atoms with E-state index in [-0.39, 0.29) is 40.7 Å². The van der Waals surface area contributed by atoms with Crippen LogP contribution < -0.4 is 20.1 Å². The molecule has 0 radical (unpaired) electrons. The van der Waals surface area contributed by atoms with Gasteiger partial charge in [0, 0.05) is 37.4 Å². The van der Waals surface area contributed by atoms with E-state index in [1.54, 1.807) is 14.0 Å². The Morgan fingerprint density at radius 3 is 2.93 bits per heavy atom.